The van der Waals surface area contributed by atoms with Gasteiger partial charge in [0.1, 0.15) is 5.60 Å². The quantitative estimate of drug-likeness (QED) is 0.842. The Kier molecular flexibility index (Phi) is 5.76. The van der Waals surface area contributed by atoms with Crippen LogP contribution in [-0.2, 0) is 4.74 Å². The van der Waals surface area contributed by atoms with Crippen LogP contribution < -0.4 is 5.32 Å². The number of rotatable bonds is 5. The van der Waals surface area contributed by atoms with Gasteiger partial charge >= 0.3 is 6.09 Å². The maximum atomic E-state index is 12.0. The predicted octanol–water partition coefficient (Wildman–Crippen LogP) is 3.66. The van der Waals surface area contributed by atoms with Crippen LogP contribution in [-0.4, -0.2) is 42.3 Å². The first-order valence-corrected chi connectivity index (χ1v) is 8.96. The Labute approximate surface area is 136 Å². The van der Waals surface area contributed by atoms with Crippen molar-refractivity contribution in [2.75, 3.05) is 19.6 Å². The number of hydrogen-bond donors (Lipinski definition) is 1. The molecule has 1 amide bonds. The van der Waals surface area contributed by atoms with Crippen LogP contribution in [0.15, 0.2) is 0 Å². The number of carbonyl (C=O) groups is 1. The normalized spacial score (nSPS) is 28.8. The summed E-state index contributed by atoms with van der Waals surface area (Å²) < 4.78 is 5.44. The van der Waals surface area contributed by atoms with Gasteiger partial charge in [0.2, 0.25) is 0 Å². The van der Waals surface area contributed by atoms with Gasteiger partial charge < -0.3 is 15.0 Å². The van der Waals surface area contributed by atoms with E-state index in [1.807, 2.05) is 25.7 Å². The molecule has 0 aromatic rings. The van der Waals surface area contributed by atoms with Gasteiger partial charge in [0, 0.05) is 19.1 Å². The van der Waals surface area contributed by atoms with Crippen LogP contribution in [0.25, 0.3) is 0 Å². The highest BCUT2D eigenvalue weighted by Crippen LogP contribution is 2.33. The van der Waals surface area contributed by atoms with Crippen LogP contribution in [0.2, 0.25) is 0 Å². The van der Waals surface area contributed by atoms with Gasteiger partial charge in [-0.05, 0) is 70.8 Å². The van der Waals surface area contributed by atoms with Crippen molar-refractivity contribution >= 4 is 6.09 Å². The highest BCUT2D eigenvalue weighted by atomic mass is 16.6. The first-order valence-electron chi connectivity index (χ1n) is 8.96. The van der Waals surface area contributed by atoms with Crippen LogP contribution in [0.4, 0.5) is 4.79 Å². The Morgan fingerprint density at radius 1 is 1.32 bits per heavy atom. The van der Waals surface area contributed by atoms with Gasteiger partial charge in [0.05, 0.1) is 0 Å². The van der Waals surface area contributed by atoms with Gasteiger partial charge in [-0.3, -0.25) is 0 Å². The van der Waals surface area contributed by atoms with Crippen molar-refractivity contribution in [3.8, 4) is 0 Å². The minimum Gasteiger partial charge on any atom is -0.444 e. The molecule has 0 aromatic carbocycles. The van der Waals surface area contributed by atoms with Crippen molar-refractivity contribution in [1.29, 1.82) is 0 Å². The van der Waals surface area contributed by atoms with E-state index in [2.05, 4.69) is 19.2 Å². The summed E-state index contributed by atoms with van der Waals surface area (Å²) in [7, 11) is 0. The van der Waals surface area contributed by atoms with E-state index < -0.39 is 5.60 Å². The second-order valence-electron chi connectivity index (χ2n) is 8.50. The van der Waals surface area contributed by atoms with Gasteiger partial charge in [-0.2, -0.15) is 0 Å². The zero-order valence-corrected chi connectivity index (χ0v) is 15.0. The van der Waals surface area contributed by atoms with E-state index >= 15 is 0 Å². The molecule has 2 aliphatic rings. The van der Waals surface area contributed by atoms with Gasteiger partial charge in [0.15, 0.2) is 0 Å². The fourth-order valence-electron chi connectivity index (χ4n) is 3.43. The summed E-state index contributed by atoms with van der Waals surface area (Å²) in [4.78, 5) is 13.9. The van der Waals surface area contributed by atoms with Gasteiger partial charge in [-0.25, -0.2) is 4.79 Å². The topological polar surface area (TPSA) is 41.6 Å². The summed E-state index contributed by atoms with van der Waals surface area (Å²) in [6.45, 7) is 13.2. The van der Waals surface area contributed by atoms with Gasteiger partial charge in [-0.15, -0.1) is 0 Å². The van der Waals surface area contributed by atoms with Crippen LogP contribution in [0.5, 0.6) is 0 Å². The maximum absolute atomic E-state index is 12.0. The number of nitrogens with one attached hydrogen (secondary N) is 1. The molecule has 1 heterocycles. The summed E-state index contributed by atoms with van der Waals surface area (Å²) in [5.74, 6) is 2.38. The second kappa shape index (κ2) is 7.20. The summed E-state index contributed by atoms with van der Waals surface area (Å²) in [5.41, 5.74) is -0.395. The number of carbonyl (C=O) groups excluding carboxylic acids is 1. The lowest BCUT2D eigenvalue weighted by molar-refractivity contribution is 0.0287. The Hall–Kier alpha value is -0.770. The second-order valence-corrected chi connectivity index (χ2v) is 8.50. The average molecular weight is 310 g/mol. The third-order valence-electron chi connectivity index (χ3n) is 5.04. The first-order chi connectivity index (χ1) is 10.2. The molecule has 0 aromatic heterocycles. The smallest absolute Gasteiger partial charge is 0.410 e. The highest BCUT2D eigenvalue weighted by Gasteiger charge is 2.32. The number of ether oxygens (including phenoxy) is 1. The third-order valence-corrected chi connectivity index (χ3v) is 5.04. The van der Waals surface area contributed by atoms with E-state index in [-0.39, 0.29) is 6.09 Å². The maximum Gasteiger partial charge on any atom is 0.410 e. The zero-order chi connectivity index (χ0) is 16.3. The van der Waals surface area contributed by atoms with Crippen LogP contribution >= 0.6 is 0 Å². The lowest BCUT2D eigenvalue weighted by atomic mass is 9.73. The summed E-state index contributed by atoms with van der Waals surface area (Å²) in [6.07, 6.45) is 4.81. The van der Waals surface area contributed by atoms with Crippen LogP contribution in [0, 0.1) is 17.8 Å². The molecule has 22 heavy (non-hydrogen) atoms. The van der Waals surface area contributed by atoms with E-state index in [4.69, 9.17) is 4.74 Å². The summed E-state index contributed by atoms with van der Waals surface area (Å²) >= 11 is 0. The fourth-order valence-corrected chi connectivity index (χ4v) is 3.43. The number of hydrogen-bond acceptors (Lipinski definition) is 3. The number of amides is 1. The molecule has 0 bridgehead atoms. The van der Waals surface area contributed by atoms with Crippen molar-refractivity contribution in [3.63, 3.8) is 0 Å². The number of likely N-dealkylation sites (tertiary alicyclic amines) is 1. The van der Waals surface area contributed by atoms with Crippen molar-refractivity contribution < 1.29 is 9.53 Å². The molecule has 1 unspecified atom stereocenters. The molecule has 1 aliphatic carbocycles. The molecule has 128 valence electrons. The monoisotopic (exact) mass is 310 g/mol. The fraction of sp³-hybridized carbons (Fsp3) is 0.944. The van der Waals surface area contributed by atoms with Crippen LogP contribution in [0.1, 0.15) is 60.3 Å². The zero-order valence-electron chi connectivity index (χ0n) is 15.0. The molecule has 1 aliphatic heterocycles. The molecular weight excluding hydrogens is 276 g/mol. The largest absolute Gasteiger partial charge is 0.444 e. The first kappa shape index (κ1) is 17.6. The van der Waals surface area contributed by atoms with Crippen molar-refractivity contribution in [2.45, 2.75) is 71.9 Å². The van der Waals surface area contributed by atoms with Crippen molar-refractivity contribution in [3.05, 3.63) is 0 Å². The Bertz CT molecular complexity index is 370. The SMILES string of the molecule is CC(C)C1CC(NCCC2CCN(C(=O)OC(C)(C)C)C2)C1. The molecule has 0 spiro atoms. The predicted molar refractivity (Wildman–Crippen MR) is 89.9 cm³/mol. The number of nitrogens with zero attached hydrogens (tertiary/aromatic N) is 1. The third kappa shape index (κ3) is 5.15. The van der Waals surface area contributed by atoms with Crippen LogP contribution in [0.3, 0.4) is 0 Å². The summed E-state index contributed by atoms with van der Waals surface area (Å²) in [5, 5.41) is 3.68. The molecule has 1 saturated carbocycles. The Morgan fingerprint density at radius 3 is 2.59 bits per heavy atom. The lowest BCUT2D eigenvalue weighted by Crippen LogP contribution is -2.43. The minimum absolute atomic E-state index is 0.151. The molecule has 2 fully saturated rings. The summed E-state index contributed by atoms with van der Waals surface area (Å²) in [6, 6.07) is 0.732. The van der Waals surface area contributed by atoms with E-state index in [0.29, 0.717) is 5.92 Å². The minimum atomic E-state index is -0.395. The van der Waals surface area contributed by atoms with E-state index in [0.717, 1.165) is 43.9 Å². The lowest BCUT2D eigenvalue weighted by Gasteiger charge is -2.38. The Balaban J connectivity index is 1.58. The molecular formula is C18H34N2O2. The molecule has 4 nitrogen and oxygen atoms in total. The molecule has 2 rings (SSSR count). The van der Waals surface area contributed by atoms with E-state index in [1.54, 1.807) is 0 Å². The molecule has 1 N–H and O–H groups in total. The van der Waals surface area contributed by atoms with Crippen molar-refractivity contribution in [1.82, 2.24) is 10.2 Å². The molecule has 1 atom stereocenters. The van der Waals surface area contributed by atoms with E-state index in [9.17, 15) is 4.79 Å². The molecule has 1 saturated heterocycles. The van der Waals surface area contributed by atoms with Gasteiger partial charge in [-0.1, -0.05) is 13.8 Å². The highest BCUT2D eigenvalue weighted by molar-refractivity contribution is 5.68. The standard InChI is InChI=1S/C18H34N2O2/c1-13(2)15-10-16(11-15)19-8-6-14-7-9-20(12-14)17(21)22-18(3,4)5/h13-16,19H,6-12H2,1-5H3. The van der Waals surface area contributed by atoms with Crippen molar-refractivity contribution in [2.24, 2.45) is 17.8 Å². The molecule has 0 radical (unpaired) electrons. The van der Waals surface area contributed by atoms with E-state index in [1.165, 1.54) is 19.3 Å². The van der Waals surface area contributed by atoms with Gasteiger partial charge in [0.25, 0.3) is 0 Å². The average Bonchev–Trinajstić information content (AvgIpc) is 2.78. The molecule has 4 heteroatoms. The Morgan fingerprint density at radius 2 is 2.00 bits per heavy atom.